The number of aliphatic hydroxyl groups is 10. The van der Waals surface area contributed by atoms with Crippen LogP contribution in [0.15, 0.2) is 0 Å². The van der Waals surface area contributed by atoms with Crippen LogP contribution in [0.1, 0.15) is 0 Å². The number of nitrogens with zero attached hydrogens (tertiary/aromatic N) is 1. The second-order valence-corrected chi connectivity index (χ2v) is 3.22. The molecule has 2 amide bonds. The normalized spacial score (nSPS) is 14.6. The van der Waals surface area contributed by atoms with Gasteiger partial charge in [0.2, 0.25) is 0 Å². The highest BCUT2D eigenvalue weighted by atomic mass is 16.8. The molecule has 0 atom stereocenters. The highest BCUT2D eigenvalue weighted by molar-refractivity contribution is 5.73. The molecule has 18 heavy (non-hydrogen) atoms. The molecule has 0 bridgehead atoms. The van der Waals surface area contributed by atoms with E-state index >= 15 is 0 Å². The largest absolute Gasteiger partial charge is 0.355 e. The van der Waals surface area contributed by atoms with E-state index in [1.165, 1.54) is 0 Å². The standard InChI is InChI=1S/C5H12N2O11/c6-1(8)7(2(9,10)4(13,14)15)3(11,12)5(16,17)18/h9-18H,(H2,6,8). The van der Waals surface area contributed by atoms with Crippen molar-refractivity contribution in [2.75, 3.05) is 0 Å². The number of hydrogen-bond acceptors (Lipinski definition) is 11. The molecule has 0 aliphatic heterocycles. The van der Waals surface area contributed by atoms with Gasteiger partial charge in [-0.05, 0) is 0 Å². The zero-order valence-electron chi connectivity index (χ0n) is 8.40. The first-order valence-corrected chi connectivity index (χ1v) is 3.90. The molecule has 0 aromatic carbocycles. The Labute approximate surface area is 97.4 Å². The van der Waals surface area contributed by atoms with Gasteiger partial charge in [-0.1, -0.05) is 0 Å². The summed E-state index contributed by atoms with van der Waals surface area (Å²) in [5.74, 6) is -18.5. The van der Waals surface area contributed by atoms with Gasteiger partial charge in [0.05, 0.1) is 0 Å². The number of amides is 2. The second kappa shape index (κ2) is 4.21. The zero-order chi connectivity index (χ0) is 15.2. The zero-order valence-corrected chi connectivity index (χ0v) is 8.40. The Balaban J connectivity index is 5.85. The summed E-state index contributed by atoms with van der Waals surface area (Å²) in [6, 6.07) is -2.31. The lowest BCUT2D eigenvalue weighted by molar-refractivity contribution is -0.550. The Hall–Kier alpha value is -1.13. The average Bonchev–Trinajstić information content (AvgIpc) is 1.96. The molecule has 12 N–H and O–H groups in total. The maximum absolute atomic E-state index is 10.7. The van der Waals surface area contributed by atoms with Crippen LogP contribution in [0.4, 0.5) is 4.79 Å². The molecule has 0 unspecified atom stereocenters. The van der Waals surface area contributed by atoms with Crippen molar-refractivity contribution in [3.8, 4) is 0 Å². The summed E-state index contributed by atoms with van der Waals surface area (Å²) in [7, 11) is 0. The third-order valence-corrected chi connectivity index (χ3v) is 1.74. The van der Waals surface area contributed by atoms with Crippen molar-refractivity contribution in [3.05, 3.63) is 0 Å². The number of carbonyl (C=O) groups excluding carboxylic acids is 1. The average molecular weight is 276 g/mol. The minimum absolute atomic E-state index is 1.43. The molecule has 0 spiro atoms. The van der Waals surface area contributed by atoms with Crippen molar-refractivity contribution in [2.24, 2.45) is 5.73 Å². The van der Waals surface area contributed by atoms with Gasteiger partial charge in [-0.25, -0.2) is 9.69 Å². The molecule has 0 aromatic heterocycles. The van der Waals surface area contributed by atoms with Crippen molar-refractivity contribution in [1.29, 1.82) is 0 Å². The molecule has 0 aromatic rings. The molecule has 0 aliphatic carbocycles. The Bertz CT molecular complexity index is 299. The Kier molecular flexibility index (Phi) is 3.95. The minimum Gasteiger partial charge on any atom is -0.351 e. The fourth-order valence-corrected chi connectivity index (χ4v) is 0.825. The monoisotopic (exact) mass is 276 g/mol. The maximum Gasteiger partial charge on any atom is 0.355 e. The number of hydrogen-bond donors (Lipinski definition) is 11. The molecular weight excluding hydrogens is 264 g/mol. The van der Waals surface area contributed by atoms with Crippen molar-refractivity contribution in [2.45, 2.75) is 23.8 Å². The summed E-state index contributed by atoms with van der Waals surface area (Å²) >= 11 is 0. The van der Waals surface area contributed by atoms with Crippen molar-refractivity contribution < 1.29 is 55.9 Å². The van der Waals surface area contributed by atoms with E-state index in [1.54, 1.807) is 0 Å². The Morgan fingerprint density at radius 3 is 1.06 bits per heavy atom. The molecular formula is C5H12N2O11. The van der Waals surface area contributed by atoms with Crippen molar-refractivity contribution in [1.82, 2.24) is 4.90 Å². The highest BCUT2D eigenvalue weighted by Gasteiger charge is 2.66. The van der Waals surface area contributed by atoms with E-state index < -0.39 is 34.7 Å². The second-order valence-electron chi connectivity index (χ2n) is 3.22. The van der Waals surface area contributed by atoms with Crippen LogP contribution >= 0.6 is 0 Å². The maximum atomic E-state index is 10.7. The summed E-state index contributed by atoms with van der Waals surface area (Å²) in [6.45, 7) is 0. The predicted molar refractivity (Wildman–Crippen MR) is 44.5 cm³/mol. The summed E-state index contributed by atoms with van der Waals surface area (Å²) in [4.78, 5) is 9.30. The molecule has 13 nitrogen and oxygen atoms in total. The van der Waals surface area contributed by atoms with Gasteiger partial charge in [0.25, 0.3) is 0 Å². The molecule has 0 aliphatic rings. The van der Waals surface area contributed by atoms with Gasteiger partial charge in [-0.3, -0.25) is 0 Å². The molecule has 0 heterocycles. The van der Waals surface area contributed by atoms with Gasteiger partial charge >= 0.3 is 29.8 Å². The first kappa shape index (κ1) is 16.9. The molecule has 0 rings (SSSR count). The first-order valence-electron chi connectivity index (χ1n) is 3.90. The van der Waals surface area contributed by atoms with Crippen LogP contribution < -0.4 is 5.73 Å². The third kappa shape index (κ3) is 2.65. The van der Waals surface area contributed by atoms with Gasteiger partial charge in [-0.2, -0.15) is 0 Å². The highest BCUT2D eigenvalue weighted by Crippen LogP contribution is 2.29. The van der Waals surface area contributed by atoms with Gasteiger partial charge in [0.1, 0.15) is 0 Å². The number of primary amides is 1. The van der Waals surface area contributed by atoms with E-state index in [0.29, 0.717) is 0 Å². The summed E-state index contributed by atoms with van der Waals surface area (Å²) in [6.07, 6.45) is 0. The summed E-state index contributed by atoms with van der Waals surface area (Å²) < 4.78 is 0. The van der Waals surface area contributed by atoms with Crippen molar-refractivity contribution in [3.63, 3.8) is 0 Å². The number of rotatable bonds is 4. The summed E-state index contributed by atoms with van der Waals surface area (Å²) in [5, 5.41) is 86.8. The molecule has 0 fully saturated rings. The van der Waals surface area contributed by atoms with E-state index in [9.17, 15) is 4.79 Å². The molecule has 108 valence electrons. The minimum atomic E-state index is -4.64. The summed E-state index contributed by atoms with van der Waals surface area (Å²) in [5.41, 5.74) is 4.38. The fraction of sp³-hybridized carbons (Fsp3) is 0.800. The topological polar surface area (TPSA) is 249 Å². The van der Waals surface area contributed by atoms with Crippen LogP contribution in [-0.4, -0.2) is 85.8 Å². The Morgan fingerprint density at radius 2 is 0.944 bits per heavy atom. The van der Waals surface area contributed by atoms with Gasteiger partial charge in [0, 0.05) is 0 Å². The molecule has 13 heteroatoms. The van der Waals surface area contributed by atoms with Crippen LogP contribution in [0.2, 0.25) is 0 Å². The fourth-order valence-electron chi connectivity index (χ4n) is 0.825. The SMILES string of the molecule is NC(=O)N(C(O)(O)C(O)(O)O)C(O)(O)C(O)(O)O. The third-order valence-electron chi connectivity index (χ3n) is 1.74. The number of urea groups is 1. The van der Waals surface area contributed by atoms with Gasteiger partial charge < -0.3 is 56.8 Å². The van der Waals surface area contributed by atoms with Crippen LogP contribution in [0.5, 0.6) is 0 Å². The van der Waals surface area contributed by atoms with Crippen LogP contribution in [0.25, 0.3) is 0 Å². The van der Waals surface area contributed by atoms with Gasteiger partial charge in [0.15, 0.2) is 0 Å². The number of carbonyl (C=O) groups is 1. The van der Waals surface area contributed by atoms with E-state index in [-0.39, 0.29) is 0 Å². The lowest BCUT2D eigenvalue weighted by Gasteiger charge is -2.45. The van der Waals surface area contributed by atoms with Crippen molar-refractivity contribution >= 4 is 6.03 Å². The number of nitrogens with two attached hydrogens (primary N) is 1. The van der Waals surface area contributed by atoms with E-state index in [4.69, 9.17) is 51.1 Å². The van der Waals surface area contributed by atoms with Crippen LogP contribution in [0, 0.1) is 0 Å². The molecule has 0 saturated heterocycles. The predicted octanol–water partition coefficient (Wildman–Crippen LogP) is -7.09. The first-order chi connectivity index (χ1) is 7.57. The van der Waals surface area contributed by atoms with E-state index in [2.05, 4.69) is 5.73 Å². The van der Waals surface area contributed by atoms with Crippen LogP contribution in [-0.2, 0) is 0 Å². The lowest BCUT2D eigenvalue weighted by atomic mass is 10.2. The Morgan fingerprint density at radius 1 is 0.722 bits per heavy atom. The molecule has 0 radical (unpaired) electrons. The van der Waals surface area contributed by atoms with E-state index in [0.717, 1.165) is 0 Å². The lowest BCUT2D eigenvalue weighted by Crippen LogP contribution is -2.78. The van der Waals surface area contributed by atoms with E-state index in [1.807, 2.05) is 0 Å². The van der Waals surface area contributed by atoms with Crippen LogP contribution in [0.3, 0.4) is 0 Å². The smallest absolute Gasteiger partial charge is 0.351 e. The quantitative estimate of drug-likeness (QED) is 0.215. The van der Waals surface area contributed by atoms with Gasteiger partial charge in [-0.15, -0.1) is 0 Å². The molecule has 0 saturated carbocycles.